The van der Waals surface area contributed by atoms with E-state index < -0.39 is 6.03 Å². The normalized spacial score (nSPS) is 8.14. The number of benzene rings is 1. The highest BCUT2D eigenvalue weighted by Crippen LogP contribution is 2.24. The van der Waals surface area contributed by atoms with Crippen molar-refractivity contribution in [2.75, 3.05) is 14.2 Å². The third kappa shape index (κ3) is 4.87. The molecule has 1 rings (SSSR count). The van der Waals surface area contributed by atoms with E-state index >= 15 is 0 Å². The average molecular weight is 198 g/mol. The molecule has 0 spiro atoms. The first kappa shape index (κ1) is 12.1. The molecule has 0 unspecified atom stereocenters. The molecule has 0 saturated heterocycles. The highest BCUT2D eigenvalue weighted by atomic mass is 16.5. The molecule has 14 heavy (non-hydrogen) atoms. The number of urea groups is 1. The maximum absolute atomic E-state index is 9.00. The molecule has 1 aromatic carbocycles. The molecule has 0 heterocycles. The van der Waals surface area contributed by atoms with E-state index in [-0.39, 0.29) is 0 Å². The Morgan fingerprint density at radius 3 is 1.57 bits per heavy atom. The summed E-state index contributed by atoms with van der Waals surface area (Å²) < 4.78 is 10.0. The van der Waals surface area contributed by atoms with Gasteiger partial charge in [0.2, 0.25) is 0 Å². The van der Waals surface area contributed by atoms with Gasteiger partial charge in [0.1, 0.15) is 0 Å². The van der Waals surface area contributed by atoms with Crippen molar-refractivity contribution in [3.8, 4) is 11.5 Å². The minimum absolute atomic E-state index is 0.769. The molecule has 78 valence electrons. The van der Waals surface area contributed by atoms with Crippen LogP contribution in [0.1, 0.15) is 0 Å². The number of ether oxygens (including phenoxy) is 2. The Bertz CT molecular complexity index is 262. The van der Waals surface area contributed by atoms with E-state index in [4.69, 9.17) is 14.3 Å². The maximum Gasteiger partial charge on any atom is 0.309 e. The van der Waals surface area contributed by atoms with Crippen molar-refractivity contribution >= 4 is 6.03 Å². The van der Waals surface area contributed by atoms with E-state index in [9.17, 15) is 0 Å². The predicted octanol–water partition coefficient (Wildman–Crippen LogP) is 0.728. The third-order valence-corrected chi connectivity index (χ3v) is 1.29. The molecule has 0 aliphatic heterocycles. The fourth-order valence-electron chi connectivity index (χ4n) is 0.787. The molecule has 4 N–H and O–H groups in total. The first-order chi connectivity index (χ1) is 6.61. The summed E-state index contributed by atoms with van der Waals surface area (Å²) in [5, 5.41) is 0. The number of carbonyl (C=O) groups is 1. The number of para-hydroxylation sites is 2. The van der Waals surface area contributed by atoms with Crippen LogP contribution in [0.4, 0.5) is 4.79 Å². The number of primary amides is 2. The zero-order chi connectivity index (χ0) is 11.0. The van der Waals surface area contributed by atoms with Crippen LogP contribution < -0.4 is 20.9 Å². The summed E-state index contributed by atoms with van der Waals surface area (Å²) in [5.41, 5.74) is 8.50. The minimum atomic E-state index is -0.833. The molecule has 0 aliphatic rings. The second-order valence-corrected chi connectivity index (χ2v) is 2.26. The van der Waals surface area contributed by atoms with E-state index in [1.165, 1.54) is 0 Å². The van der Waals surface area contributed by atoms with Crippen molar-refractivity contribution in [1.29, 1.82) is 0 Å². The summed E-state index contributed by atoms with van der Waals surface area (Å²) >= 11 is 0. The number of rotatable bonds is 2. The summed E-state index contributed by atoms with van der Waals surface area (Å²) in [6.07, 6.45) is 0. The van der Waals surface area contributed by atoms with E-state index in [0.29, 0.717) is 0 Å². The highest BCUT2D eigenvalue weighted by molar-refractivity contribution is 5.69. The van der Waals surface area contributed by atoms with Crippen molar-refractivity contribution in [1.82, 2.24) is 0 Å². The summed E-state index contributed by atoms with van der Waals surface area (Å²) in [6.45, 7) is 0. The van der Waals surface area contributed by atoms with Crippen LogP contribution in [0.15, 0.2) is 24.3 Å². The Balaban J connectivity index is 0.000000364. The van der Waals surface area contributed by atoms with Gasteiger partial charge in [-0.3, -0.25) is 0 Å². The lowest BCUT2D eigenvalue weighted by molar-refractivity contribution is 0.256. The number of hydrogen-bond donors (Lipinski definition) is 2. The van der Waals surface area contributed by atoms with Gasteiger partial charge >= 0.3 is 6.03 Å². The standard InChI is InChI=1S/C8H10O2.CH4N2O/c1-9-7-5-3-4-6-8(7)10-2;2-1(3)4/h3-6H,1-2H3;(H4,2,3,4). The first-order valence-corrected chi connectivity index (χ1v) is 3.83. The lowest BCUT2D eigenvalue weighted by Gasteiger charge is -2.04. The van der Waals surface area contributed by atoms with Crippen molar-refractivity contribution in [3.63, 3.8) is 0 Å². The fourth-order valence-corrected chi connectivity index (χ4v) is 0.787. The van der Waals surface area contributed by atoms with Crippen LogP contribution in [0.3, 0.4) is 0 Å². The second-order valence-electron chi connectivity index (χ2n) is 2.26. The van der Waals surface area contributed by atoms with E-state index in [0.717, 1.165) is 11.5 Å². The van der Waals surface area contributed by atoms with Gasteiger partial charge in [-0.15, -0.1) is 0 Å². The second kappa shape index (κ2) is 6.59. The molecule has 1 aromatic rings. The van der Waals surface area contributed by atoms with Gasteiger partial charge in [-0.25, -0.2) is 4.79 Å². The van der Waals surface area contributed by atoms with Crippen LogP contribution in [-0.2, 0) is 0 Å². The summed E-state index contributed by atoms with van der Waals surface area (Å²) in [7, 11) is 3.25. The van der Waals surface area contributed by atoms with Crippen LogP contribution in [0.5, 0.6) is 11.5 Å². The average Bonchev–Trinajstić information content (AvgIpc) is 2.17. The molecule has 0 bridgehead atoms. The van der Waals surface area contributed by atoms with Gasteiger partial charge in [-0.05, 0) is 12.1 Å². The van der Waals surface area contributed by atoms with Crippen molar-refractivity contribution < 1.29 is 14.3 Å². The molecule has 0 saturated carbocycles. The van der Waals surface area contributed by atoms with Crippen molar-refractivity contribution in [3.05, 3.63) is 24.3 Å². The SMILES string of the molecule is COc1ccccc1OC.NC(N)=O. The summed E-state index contributed by atoms with van der Waals surface area (Å²) in [4.78, 5) is 9.00. The Morgan fingerprint density at radius 1 is 1.07 bits per heavy atom. The third-order valence-electron chi connectivity index (χ3n) is 1.29. The zero-order valence-electron chi connectivity index (χ0n) is 8.19. The largest absolute Gasteiger partial charge is 0.493 e. The number of methoxy groups -OCH3 is 2. The van der Waals surface area contributed by atoms with Gasteiger partial charge in [0.05, 0.1) is 14.2 Å². The summed E-state index contributed by atoms with van der Waals surface area (Å²) in [6, 6.07) is 6.69. The quantitative estimate of drug-likeness (QED) is 0.734. The predicted molar refractivity (Wildman–Crippen MR) is 53.3 cm³/mol. The van der Waals surface area contributed by atoms with E-state index in [1.807, 2.05) is 24.3 Å². The number of nitrogens with two attached hydrogens (primary N) is 2. The highest BCUT2D eigenvalue weighted by Gasteiger charge is 1.97. The molecule has 0 atom stereocenters. The zero-order valence-corrected chi connectivity index (χ0v) is 8.19. The van der Waals surface area contributed by atoms with Crippen LogP contribution >= 0.6 is 0 Å². The minimum Gasteiger partial charge on any atom is -0.493 e. The fraction of sp³-hybridized carbons (Fsp3) is 0.222. The first-order valence-electron chi connectivity index (χ1n) is 3.83. The smallest absolute Gasteiger partial charge is 0.309 e. The maximum atomic E-state index is 9.00. The van der Waals surface area contributed by atoms with Gasteiger partial charge in [0, 0.05) is 0 Å². The molecule has 5 nitrogen and oxygen atoms in total. The molecule has 2 amide bonds. The van der Waals surface area contributed by atoms with Crippen LogP contribution in [0, 0.1) is 0 Å². The van der Waals surface area contributed by atoms with E-state index in [1.54, 1.807) is 14.2 Å². The number of hydrogen-bond acceptors (Lipinski definition) is 3. The van der Waals surface area contributed by atoms with Gasteiger partial charge < -0.3 is 20.9 Å². The molecule has 0 aliphatic carbocycles. The number of amides is 2. The lowest BCUT2D eigenvalue weighted by Crippen LogP contribution is -2.18. The van der Waals surface area contributed by atoms with Gasteiger partial charge in [-0.2, -0.15) is 0 Å². The molecule has 0 radical (unpaired) electrons. The lowest BCUT2D eigenvalue weighted by atomic mass is 10.3. The summed E-state index contributed by atoms with van der Waals surface area (Å²) in [5.74, 6) is 1.54. The van der Waals surface area contributed by atoms with Gasteiger partial charge in [-0.1, -0.05) is 12.1 Å². The Morgan fingerprint density at radius 2 is 1.36 bits per heavy atom. The Labute approximate surface area is 82.6 Å². The molecule has 0 fully saturated rings. The Kier molecular flexibility index (Phi) is 5.69. The monoisotopic (exact) mass is 198 g/mol. The van der Waals surface area contributed by atoms with Crippen LogP contribution in [0.2, 0.25) is 0 Å². The molecule has 0 aromatic heterocycles. The molecular weight excluding hydrogens is 184 g/mol. The Hall–Kier alpha value is -1.91. The topological polar surface area (TPSA) is 87.6 Å². The van der Waals surface area contributed by atoms with Gasteiger partial charge in [0.25, 0.3) is 0 Å². The van der Waals surface area contributed by atoms with Crippen molar-refractivity contribution in [2.24, 2.45) is 11.5 Å². The molecular formula is C9H14N2O3. The molecule has 5 heteroatoms. The van der Waals surface area contributed by atoms with Crippen LogP contribution in [-0.4, -0.2) is 20.3 Å². The van der Waals surface area contributed by atoms with E-state index in [2.05, 4.69) is 11.5 Å². The van der Waals surface area contributed by atoms with Crippen molar-refractivity contribution in [2.45, 2.75) is 0 Å². The number of carbonyl (C=O) groups excluding carboxylic acids is 1. The van der Waals surface area contributed by atoms with Crippen LogP contribution in [0.25, 0.3) is 0 Å². The van der Waals surface area contributed by atoms with Gasteiger partial charge in [0.15, 0.2) is 11.5 Å².